The normalized spacial score (nSPS) is 16.3. The lowest BCUT2D eigenvalue weighted by atomic mass is 10.5. The molecule has 0 aromatic rings. The Morgan fingerprint density at radius 2 is 1.69 bits per heavy atom. The van der Waals surface area contributed by atoms with Crippen LogP contribution in [0.2, 0.25) is 0 Å². The molecule has 13 heavy (non-hydrogen) atoms. The van der Waals surface area contributed by atoms with E-state index in [0.29, 0.717) is 0 Å². The minimum atomic E-state index is -0.732. The van der Waals surface area contributed by atoms with Gasteiger partial charge in [0, 0.05) is 12.2 Å². The fourth-order valence-corrected chi connectivity index (χ4v) is 0.759. The van der Waals surface area contributed by atoms with E-state index in [-0.39, 0.29) is 16.9 Å². The van der Waals surface area contributed by atoms with Gasteiger partial charge in [0.15, 0.2) is 0 Å². The lowest BCUT2D eigenvalue weighted by Gasteiger charge is -2.04. The van der Waals surface area contributed by atoms with Crippen LogP contribution in [0.4, 0.5) is 0 Å². The Morgan fingerprint density at radius 1 is 1.23 bits per heavy atom. The number of allylic oxidation sites excluding steroid dienone is 1. The SMILES string of the molecule is O=C1C=CC(=O)OC(=C(Cl)CCl)O1. The molecular weight excluding hydrogens is 219 g/mol. The van der Waals surface area contributed by atoms with Crippen LogP contribution in [0.3, 0.4) is 0 Å². The van der Waals surface area contributed by atoms with Gasteiger partial charge in [-0.05, 0) is 0 Å². The van der Waals surface area contributed by atoms with Crippen molar-refractivity contribution in [1.82, 2.24) is 0 Å². The van der Waals surface area contributed by atoms with Gasteiger partial charge in [-0.15, -0.1) is 11.6 Å². The summed E-state index contributed by atoms with van der Waals surface area (Å²) in [4.78, 5) is 21.6. The van der Waals surface area contributed by atoms with Crippen molar-refractivity contribution in [3.05, 3.63) is 23.1 Å². The summed E-state index contributed by atoms with van der Waals surface area (Å²) < 4.78 is 9.06. The number of rotatable bonds is 1. The Bertz CT molecular complexity index is 284. The van der Waals surface area contributed by atoms with Crippen molar-refractivity contribution < 1.29 is 19.1 Å². The fraction of sp³-hybridized carbons (Fsp3) is 0.143. The van der Waals surface area contributed by atoms with E-state index in [2.05, 4.69) is 9.47 Å². The molecule has 70 valence electrons. The van der Waals surface area contributed by atoms with E-state index in [1.807, 2.05) is 0 Å². The minimum Gasteiger partial charge on any atom is -0.388 e. The smallest absolute Gasteiger partial charge is 0.338 e. The number of hydrogen-bond acceptors (Lipinski definition) is 4. The Morgan fingerprint density at radius 3 is 2.08 bits per heavy atom. The van der Waals surface area contributed by atoms with Gasteiger partial charge in [-0.2, -0.15) is 0 Å². The van der Waals surface area contributed by atoms with E-state index < -0.39 is 11.9 Å². The summed E-state index contributed by atoms with van der Waals surface area (Å²) in [6, 6.07) is 0. The van der Waals surface area contributed by atoms with Crippen LogP contribution in [0.1, 0.15) is 0 Å². The topological polar surface area (TPSA) is 52.6 Å². The van der Waals surface area contributed by atoms with Crippen LogP contribution in [0.5, 0.6) is 0 Å². The summed E-state index contributed by atoms with van der Waals surface area (Å²) >= 11 is 10.9. The second-order valence-corrected chi connectivity index (χ2v) is 2.73. The zero-order valence-corrected chi connectivity index (χ0v) is 7.76. The summed E-state index contributed by atoms with van der Waals surface area (Å²) in [5.41, 5.74) is 0. The van der Waals surface area contributed by atoms with Crippen LogP contribution in [0.15, 0.2) is 23.1 Å². The molecule has 0 aliphatic carbocycles. The zero-order chi connectivity index (χ0) is 9.84. The maximum absolute atomic E-state index is 10.8. The van der Waals surface area contributed by atoms with E-state index in [1.54, 1.807) is 0 Å². The third-order valence-corrected chi connectivity index (χ3v) is 1.77. The van der Waals surface area contributed by atoms with Crippen molar-refractivity contribution in [3.63, 3.8) is 0 Å². The standard InChI is InChI=1S/C7H4Cl2O4/c8-3-4(9)7-12-5(10)1-2-6(11)13-7/h1-2H,3H2. The largest absolute Gasteiger partial charge is 0.388 e. The molecule has 0 N–H and O–H groups in total. The summed E-state index contributed by atoms with van der Waals surface area (Å²) in [5.74, 6) is -1.93. The molecule has 1 heterocycles. The van der Waals surface area contributed by atoms with Gasteiger partial charge in [-0.25, -0.2) is 9.59 Å². The summed E-state index contributed by atoms with van der Waals surface area (Å²) in [6.07, 6.45) is 1.88. The molecule has 0 aromatic carbocycles. The number of ether oxygens (including phenoxy) is 2. The number of carbonyl (C=O) groups is 2. The van der Waals surface area contributed by atoms with Crippen LogP contribution in [0, 0.1) is 0 Å². The maximum atomic E-state index is 10.8. The quantitative estimate of drug-likeness (QED) is 0.496. The predicted octanol–water partition coefficient (Wildman–Crippen LogP) is 1.29. The lowest BCUT2D eigenvalue weighted by Crippen LogP contribution is -2.05. The van der Waals surface area contributed by atoms with E-state index in [9.17, 15) is 9.59 Å². The Labute approximate surface area is 83.7 Å². The van der Waals surface area contributed by atoms with E-state index in [1.165, 1.54) is 0 Å². The molecule has 1 aliphatic heterocycles. The third-order valence-electron chi connectivity index (χ3n) is 1.08. The fourth-order valence-electron chi connectivity index (χ4n) is 0.573. The average molecular weight is 223 g/mol. The van der Waals surface area contributed by atoms with Crippen LogP contribution >= 0.6 is 23.2 Å². The van der Waals surface area contributed by atoms with Gasteiger partial charge in [0.05, 0.1) is 5.88 Å². The Balaban J connectivity index is 2.92. The van der Waals surface area contributed by atoms with E-state index in [4.69, 9.17) is 23.2 Å². The van der Waals surface area contributed by atoms with Crippen molar-refractivity contribution in [2.24, 2.45) is 0 Å². The molecule has 0 amide bonds. The molecule has 0 unspecified atom stereocenters. The second-order valence-electron chi connectivity index (χ2n) is 2.00. The molecule has 0 bridgehead atoms. The molecule has 0 aromatic heterocycles. The minimum absolute atomic E-state index is 0.0351. The highest BCUT2D eigenvalue weighted by molar-refractivity contribution is 6.36. The van der Waals surface area contributed by atoms with Crippen LogP contribution in [0.25, 0.3) is 0 Å². The van der Waals surface area contributed by atoms with Gasteiger partial charge in [0.2, 0.25) is 0 Å². The van der Waals surface area contributed by atoms with E-state index in [0.717, 1.165) is 12.2 Å². The van der Waals surface area contributed by atoms with Crippen molar-refractivity contribution in [1.29, 1.82) is 0 Å². The number of hydrogen-bond donors (Lipinski definition) is 0. The van der Waals surface area contributed by atoms with Gasteiger partial charge in [0.25, 0.3) is 0 Å². The highest BCUT2D eigenvalue weighted by Crippen LogP contribution is 2.16. The molecule has 1 rings (SSSR count). The number of halogens is 2. The molecule has 0 radical (unpaired) electrons. The predicted molar refractivity (Wildman–Crippen MR) is 44.9 cm³/mol. The summed E-state index contributed by atoms with van der Waals surface area (Å²) in [6.45, 7) is 0. The summed E-state index contributed by atoms with van der Waals surface area (Å²) in [7, 11) is 0. The van der Waals surface area contributed by atoms with Gasteiger partial charge in [-0.1, -0.05) is 11.6 Å². The van der Waals surface area contributed by atoms with Crippen LogP contribution in [-0.2, 0) is 19.1 Å². The first kappa shape index (κ1) is 10.1. The first-order chi connectivity index (χ1) is 6.13. The van der Waals surface area contributed by atoms with Crippen molar-refractivity contribution in [2.75, 3.05) is 5.88 Å². The van der Waals surface area contributed by atoms with Crippen LogP contribution in [-0.4, -0.2) is 17.8 Å². The highest BCUT2D eigenvalue weighted by atomic mass is 35.5. The van der Waals surface area contributed by atoms with E-state index >= 15 is 0 Å². The van der Waals surface area contributed by atoms with Crippen molar-refractivity contribution >= 4 is 35.1 Å². The summed E-state index contributed by atoms with van der Waals surface area (Å²) in [5, 5.41) is -0.0351. The number of carbonyl (C=O) groups excluding carboxylic acids is 2. The second kappa shape index (κ2) is 4.30. The molecule has 6 heteroatoms. The molecule has 0 saturated carbocycles. The molecule has 1 aliphatic rings. The third kappa shape index (κ3) is 2.75. The van der Waals surface area contributed by atoms with Gasteiger partial charge < -0.3 is 9.47 Å². The molecular formula is C7H4Cl2O4. The molecule has 0 spiro atoms. The molecule has 0 atom stereocenters. The first-order valence-electron chi connectivity index (χ1n) is 3.20. The molecule has 4 nitrogen and oxygen atoms in total. The Hall–Kier alpha value is -1.000. The monoisotopic (exact) mass is 222 g/mol. The molecule has 0 fully saturated rings. The van der Waals surface area contributed by atoms with Gasteiger partial charge in [-0.3, -0.25) is 0 Å². The van der Waals surface area contributed by atoms with Crippen molar-refractivity contribution in [3.8, 4) is 0 Å². The maximum Gasteiger partial charge on any atom is 0.338 e. The van der Waals surface area contributed by atoms with Gasteiger partial charge in [0.1, 0.15) is 5.03 Å². The number of esters is 2. The average Bonchev–Trinajstić information content (AvgIpc) is 2.27. The van der Waals surface area contributed by atoms with Gasteiger partial charge >= 0.3 is 17.9 Å². The van der Waals surface area contributed by atoms with Crippen LogP contribution < -0.4 is 0 Å². The van der Waals surface area contributed by atoms with Crippen molar-refractivity contribution in [2.45, 2.75) is 0 Å². The number of cyclic esters (lactones) is 2. The Kier molecular flexibility index (Phi) is 3.33. The zero-order valence-electron chi connectivity index (χ0n) is 6.25. The first-order valence-corrected chi connectivity index (χ1v) is 4.11. The highest BCUT2D eigenvalue weighted by Gasteiger charge is 2.17. The lowest BCUT2D eigenvalue weighted by molar-refractivity contribution is -0.145. The molecule has 0 saturated heterocycles. The number of alkyl halides is 1.